The average molecular weight is 223 g/mol. The fourth-order valence-corrected chi connectivity index (χ4v) is 1.82. The van der Waals surface area contributed by atoms with E-state index in [1.54, 1.807) is 14.2 Å². The van der Waals surface area contributed by atoms with Crippen molar-refractivity contribution in [1.29, 1.82) is 0 Å². The second-order valence-electron chi connectivity index (χ2n) is 3.87. The minimum absolute atomic E-state index is 0.748. The zero-order valence-electron chi connectivity index (χ0n) is 10.4. The molecule has 3 nitrogen and oxygen atoms in total. The highest BCUT2D eigenvalue weighted by atomic mass is 16.5. The predicted octanol–water partition coefficient (Wildman–Crippen LogP) is 2.29. The molecule has 0 aliphatic heterocycles. The molecule has 3 heteroatoms. The number of methoxy groups -OCH3 is 2. The molecule has 1 aromatic carbocycles. The zero-order valence-corrected chi connectivity index (χ0v) is 10.4. The van der Waals surface area contributed by atoms with Crippen LogP contribution in [0.1, 0.15) is 24.0 Å². The minimum atomic E-state index is 0.748. The summed E-state index contributed by atoms with van der Waals surface area (Å²) in [7, 11) is 3.36. The van der Waals surface area contributed by atoms with Crippen molar-refractivity contribution in [3.8, 4) is 11.5 Å². The number of hydrogen-bond donors (Lipinski definition) is 1. The molecule has 0 fully saturated rings. The first-order valence-corrected chi connectivity index (χ1v) is 5.64. The van der Waals surface area contributed by atoms with Gasteiger partial charge in [-0.3, -0.25) is 0 Å². The van der Waals surface area contributed by atoms with E-state index in [1.165, 1.54) is 11.1 Å². The number of hydrogen-bond acceptors (Lipinski definition) is 3. The standard InChI is InChI=1S/C13H21NO2/c1-10-8-11(15-2)9-13(16-3)12(10)6-4-5-7-14/h8-9H,4-7,14H2,1-3H3. The van der Waals surface area contributed by atoms with Gasteiger partial charge in [0.15, 0.2) is 0 Å². The van der Waals surface area contributed by atoms with Gasteiger partial charge in [0.25, 0.3) is 0 Å². The van der Waals surface area contributed by atoms with E-state index in [1.807, 2.05) is 12.1 Å². The van der Waals surface area contributed by atoms with Crippen LogP contribution >= 0.6 is 0 Å². The third-order valence-corrected chi connectivity index (χ3v) is 2.74. The lowest BCUT2D eigenvalue weighted by atomic mass is 10.0. The third-order valence-electron chi connectivity index (χ3n) is 2.74. The van der Waals surface area contributed by atoms with E-state index in [-0.39, 0.29) is 0 Å². The Morgan fingerprint density at radius 3 is 2.44 bits per heavy atom. The lowest BCUT2D eigenvalue weighted by molar-refractivity contribution is 0.390. The summed E-state index contributed by atoms with van der Waals surface area (Å²) in [6.07, 6.45) is 3.16. The summed E-state index contributed by atoms with van der Waals surface area (Å²) >= 11 is 0. The van der Waals surface area contributed by atoms with Crippen LogP contribution in [0.5, 0.6) is 11.5 Å². The van der Waals surface area contributed by atoms with Crippen LogP contribution in [0.25, 0.3) is 0 Å². The van der Waals surface area contributed by atoms with E-state index in [0.29, 0.717) is 0 Å². The van der Waals surface area contributed by atoms with E-state index in [2.05, 4.69) is 6.92 Å². The van der Waals surface area contributed by atoms with Crippen LogP contribution in [0.3, 0.4) is 0 Å². The van der Waals surface area contributed by atoms with Crippen molar-refractivity contribution in [2.24, 2.45) is 5.73 Å². The molecule has 0 unspecified atom stereocenters. The normalized spacial score (nSPS) is 10.2. The Morgan fingerprint density at radius 1 is 1.12 bits per heavy atom. The van der Waals surface area contributed by atoms with Crippen LogP contribution in [0.2, 0.25) is 0 Å². The van der Waals surface area contributed by atoms with Crippen molar-refractivity contribution in [2.45, 2.75) is 26.2 Å². The Bertz CT molecular complexity index is 337. The highest BCUT2D eigenvalue weighted by molar-refractivity contribution is 5.46. The van der Waals surface area contributed by atoms with Crippen molar-refractivity contribution in [3.05, 3.63) is 23.3 Å². The molecular weight excluding hydrogens is 202 g/mol. The molecule has 0 radical (unpaired) electrons. The molecule has 0 aromatic heterocycles. The van der Waals surface area contributed by atoms with Gasteiger partial charge in [-0.15, -0.1) is 0 Å². The van der Waals surface area contributed by atoms with Gasteiger partial charge in [0.05, 0.1) is 14.2 Å². The van der Waals surface area contributed by atoms with Crippen molar-refractivity contribution >= 4 is 0 Å². The van der Waals surface area contributed by atoms with Crippen LogP contribution in [0.4, 0.5) is 0 Å². The number of aryl methyl sites for hydroxylation is 1. The van der Waals surface area contributed by atoms with Crippen molar-refractivity contribution in [1.82, 2.24) is 0 Å². The lowest BCUT2D eigenvalue weighted by Crippen LogP contribution is -2.01. The van der Waals surface area contributed by atoms with Gasteiger partial charge in [-0.25, -0.2) is 0 Å². The summed E-state index contributed by atoms with van der Waals surface area (Å²) in [5, 5.41) is 0. The van der Waals surface area contributed by atoms with Crippen LogP contribution in [0, 0.1) is 6.92 Å². The second-order valence-corrected chi connectivity index (χ2v) is 3.87. The Balaban J connectivity index is 2.88. The Morgan fingerprint density at radius 2 is 1.88 bits per heavy atom. The van der Waals surface area contributed by atoms with Gasteiger partial charge < -0.3 is 15.2 Å². The first kappa shape index (κ1) is 12.8. The summed E-state index contributed by atoms with van der Waals surface area (Å²) in [6.45, 7) is 2.83. The lowest BCUT2D eigenvalue weighted by Gasteiger charge is -2.13. The monoisotopic (exact) mass is 223 g/mol. The van der Waals surface area contributed by atoms with Gasteiger partial charge in [0, 0.05) is 6.07 Å². The zero-order chi connectivity index (χ0) is 12.0. The smallest absolute Gasteiger partial charge is 0.126 e. The molecule has 0 atom stereocenters. The summed E-state index contributed by atoms with van der Waals surface area (Å²) in [6, 6.07) is 3.98. The van der Waals surface area contributed by atoms with Crippen LogP contribution < -0.4 is 15.2 Å². The molecular formula is C13H21NO2. The van der Waals surface area contributed by atoms with Gasteiger partial charge in [-0.05, 0) is 49.9 Å². The molecule has 0 bridgehead atoms. The molecule has 0 heterocycles. The largest absolute Gasteiger partial charge is 0.497 e. The Labute approximate surface area is 97.6 Å². The molecule has 1 aromatic rings. The molecule has 16 heavy (non-hydrogen) atoms. The summed E-state index contributed by atoms with van der Waals surface area (Å²) in [4.78, 5) is 0. The molecule has 0 spiro atoms. The van der Waals surface area contributed by atoms with E-state index < -0.39 is 0 Å². The number of benzene rings is 1. The Kier molecular flexibility index (Phi) is 5.12. The molecule has 0 saturated carbocycles. The van der Waals surface area contributed by atoms with Crippen molar-refractivity contribution in [2.75, 3.05) is 20.8 Å². The van der Waals surface area contributed by atoms with E-state index in [0.717, 1.165) is 37.3 Å². The molecule has 2 N–H and O–H groups in total. The maximum absolute atomic E-state index is 5.50. The number of unbranched alkanes of at least 4 members (excludes halogenated alkanes) is 1. The highest BCUT2D eigenvalue weighted by Gasteiger charge is 2.08. The number of ether oxygens (including phenoxy) is 2. The fraction of sp³-hybridized carbons (Fsp3) is 0.538. The SMILES string of the molecule is COc1cc(C)c(CCCCN)c(OC)c1. The first-order valence-electron chi connectivity index (χ1n) is 5.64. The van der Waals surface area contributed by atoms with Gasteiger partial charge in [-0.1, -0.05) is 0 Å². The summed E-state index contributed by atoms with van der Waals surface area (Å²) < 4.78 is 10.6. The molecule has 0 saturated heterocycles. The van der Waals surface area contributed by atoms with Crippen LogP contribution in [-0.2, 0) is 6.42 Å². The maximum atomic E-state index is 5.50. The molecule has 0 amide bonds. The van der Waals surface area contributed by atoms with Crippen molar-refractivity contribution < 1.29 is 9.47 Å². The Hall–Kier alpha value is -1.22. The van der Waals surface area contributed by atoms with E-state index >= 15 is 0 Å². The van der Waals surface area contributed by atoms with Gasteiger partial charge in [-0.2, -0.15) is 0 Å². The van der Waals surface area contributed by atoms with Gasteiger partial charge in [0.2, 0.25) is 0 Å². The third kappa shape index (κ3) is 3.14. The number of rotatable bonds is 6. The maximum Gasteiger partial charge on any atom is 0.126 e. The van der Waals surface area contributed by atoms with Crippen LogP contribution in [-0.4, -0.2) is 20.8 Å². The van der Waals surface area contributed by atoms with Crippen LogP contribution in [0.15, 0.2) is 12.1 Å². The molecule has 90 valence electrons. The summed E-state index contributed by atoms with van der Waals surface area (Å²) in [5.41, 5.74) is 7.97. The van der Waals surface area contributed by atoms with Gasteiger partial charge in [0.1, 0.15) is 11.5 Å². The predicted molar refractivity (Wildman–Crippen MR) is 66.3 cm³/mol. The van der Waals surface area contributed by atoms with E-state index in [4.69, 9.17) is 15.2 Å². The quantitative estimate of drug-likeness (QED) is 0.753. The topological polar surface area (TPSA) is 44.5 Å². The van der Waals surface area contributed by atoms with Gasteiger partial charge >= 0.3 is 0 Å². The first-order chi connectivity index (χ1) is 7.72. The van der Waals surface area contributed by atoms with E-state index in [9.17, 15) is 0 Å². The minimum Gasteiger partial charge on any atom is -0.497 e. The fourth-order valence-electron chi connectivity index (χ4n) is 1.82. The summed E-state index contributed by atoms with van der Waals surface area (Å²) in [5.74, 6) is 1.76. The number of nitrogens with two attached hydrogens (primary N) is 1. The molecule has 0 aliphatic carbocycles. The van der Waals surface area contributed by atoms with Crippen molar-refractivity contribution in [3.63, 3.8) is 0 Å². The molecule has 0 aliphatic rings. The highest BCUT2D eigenvalue weighted by Crippen LogP contribution is 2.29. The molecule has 1 rings (SSSR count). The second kappa shape index (κ2) is 6.38. The average Bonchev–Trinajstić information content (AvgIpc) is 2.30.